The van der Waals surface area contributed by atoms with Gasteiger partial charge < -0.3 is 0 Å². The van der Waals surface area contributed by atoms with Gasteiger partial charge in [0.25, 0.3) is 0 Å². The Bertz CT molecular complexity index is 794. The number of unbranched alkanes of at least 4 members (excludes halogenated alkanes) is 1. The maximum absolute atomic E-state index is 4.72. The molecule has 1 aromatic heterocycles. The van der Waals surface area contributed by atoms with Gasteiger partial charge in [-0.25, -0.2) is 9.97 Å². The summed E-state index contributed by atoms with van der Waals surface area (Å²) in [5.74, 6) is 4.50. The maximum Gasteiger partial charge on any atom is 0.159 e. The van der Waals surface area contributed by atoms with Crippen LogP contribution in [0, 0.1) is 17.8 Å². The number of benzene rings is 1. The number of hydrogen-bond donors (Lipinski definition) is 0. The Kier molecular flexibility index (Phi) is 9.38. The zero-order chi connectivity index (χ0) is 22.9. The van der Waals surface area contributed by atoms with E-state index in [0.29, 0.717) is 0 Å². The van der Waals surface area contributed by atoms with E-state index in [1.54, 1.807) is 0 Å². The zero-order valence-corrected chi connectivity index (χ0v) is 21.3. The molecule has 4 rings (SSSR count). The van der Waals surface area contributed by atoms with E-state index in [0.717, 1.165) is 41.5 Å². The topological polar surface area (TPSA) is 25.8 Å². The van der Waals surface area contributed by atoms with Gasteiger partial charge in [-0.3, -0.25) is 0 Å². The number of hydrogen-bond acceptors (Lipinski definition) is 2. The summed E-state index contributed by atoms with van der Waals surface area (Å²) in [7, 11) is 0. The molecule has 1 heterocycles. The van der Waals surface area contributed by atoms with Crippen LogP contribution in [0.1, 0.15) is 121 Å². The summed E-state index contributed by atoms with van der Waals surface area (Å²) in [5.41, 5.74) is 3.96. The van der Waals surface area contributed by atoms with Crippen LogP contribution in [0.4, 0.5) is 0 Å². The lowest BCUT2D eigenvalue weighted by Crippen LogP contribution is -2.15. The molecule has 0 saturated heterocycles. The second kappa shape index (κ2) is 12.7. The van der Waals surface area contributed by atoms with E-state index < -0.39 is 0 Å². The summed E-state index contributed by atoms with van der Waals surface area (Å²) in [6.45, 7) is 4.63. The fraction of sp³-hybridized carbons (Fsp3) is 0.677. The van der Waals surface area contributed by atoms with E-state index in [1.165, 1.54) is 101 Å². The van der Waals surface area contributed by atoms with Crippen LogP contribution in [0.25, 0.3) is 11.4 Å². The molecule has 2 aliphatic rings. The second-order valence-corrected chi connectivity index (χ2v) is 11.1. The Labute approximate surface area is 203 Å². The lowest BCUT2D eigenvalue weighted by Gasteiger charge is -2.28. The van der Waals surface area contributed by atoms with Crippen LogP contribution in [-0.4, -0.2) is 9.97 Å². The van der Waals surface area contributed by atoms with Crippen molar-refractivity contribution in [2.24, 2.45) is 17.8 Å². The highest BCUT2D eigenvalue weighted by molar-refractivity contribution is 5.55. The maximum atomic E-state index is 4.72. The van der Waals surface area contributed by atoms with Gasteiger partial charge in [0, 0.05) is 18.0 Å². The third kappa shape index (κ3) is 7.14. The van der Waals surface area contributed by atoms with E-state index in [-0.39, 0.29) is 0 Å². The Balaban J connectivity index is 1.23. The second-order valence-electron chi connectivity index (χ2n) is 11.1. The van der Waals surface area contributed by atoms with Crippen LogP contribution < -0.4 is 0 Å². The first kappa shape index (κ1) is 24.4. The van der Waals surface area contributed by atoms with Gasteiger partial charge in [-0.1, -0.05) is 95.9 Å². The predicted molar refractivity (Wildman–Crippen MR) is 140 cm³/mol. The van der Waals surface area contributed by atoms with Crippen molar-refractivity contribution in [1.29, 1.82) is 0 Å². The first-order valence-corrected chi connectivity index (χ1v) is 14.2. The molecule has 0 unspecified atom stereocenters. The van der Waals surface area contributed by atoms with Crippen molar-refractivity contribution in [2.45, 2.75) is 116 Å². The average Bonchev–Trinajstić information content (AvgIpc) is 2.88. The predicted octanol–water partition coefficient (Wildman–Crippen LogP) is 9.15. The van der Waals surface area contributed by atoms with Crippen molar-refractivity contribution >= 4 is 0 Å². The summed E-state index contributed by atoms with van der Waals surface area (Å²) in [5, 5.41) is 0. The molecule has 2 nitrogen and oxygen atoms in total. The summed E-state index contributed by atoms with van der Waals surface area (Å²) in [4.78, 5) is 9.44. The molecule has 2 fully saturated rings. The minimum absolute atomic E-state index is 0.747. The van der Waals surface area contributed by atoms with Crippen LogP contribution >= 0.6 is 0 Å². The summed E-state index contributed by atoms with van der Waals surface area (Å²) >= 11 is 0. The molecular formula is C31H46N2. The third-order valence-corrected chi connectivity index (χ3v) is 8.66. The smallest absolute Gasteiger partial charge is 0.159 e. The Hall–Kier alpha value is -1.70. The third-order valence-electron chi connectivity index (χ3n) is 8.66. The molecule has 0 aliphatic heterocycles. The summed E-state index contributed by atoms with van der Waals surface area (Å²) in [6.07, 6.45) is 24.8. The largest absolute Gasteiger partial charge is 0.236 e. The number of aromatic nitrogens is 2. The highest BCUT2D eigenvalue weighted by Crippen LogP contribution is 2.38. The summed E-state index contributed by atoms with van der Waals surface area (Å²) in [6, 6.07) is 9.13. The van der Waals surface area contributed by atoms with Crippen LogP contribution in [0.2, 0.25) is 0 Å². The van der Waals surface area contributed by atoms with Gasteiger partial charge in [-0.05, 0) is 73.3 Å². The minimum atomic E-state index is 0.747. The molecule has 2 aromatic rings. The molecule has 2 aliphatic carbocycles. The molecule has 0 N–H and O–H groups in total. The van der Waals surface area contributed by atoms with Crippen molar-refractivity contribution in [1.82, 2.24) is 9.97 Å². The van der Waals surface area contributed by atoms with E-state index in [9.17, 15) is 0 Å². The summed E-state index contributed by atoms with van der Waals surface area (Å²) < 4.78 is 0. The van der Waals surface area contributed by atoms with Crippen LogP contribution in [0.5, 0.6) is 0 Å². The molecule has 0 radical (unpaired) electrons. The van der Waals surface area contributed by atoms with E-state index >= 15 is 0 Å². The van der Waals surface area contributed by atoms with E-state index in [4.69, 9.17) is 9.97 Å². The fourth-order valence-corrected chi connectivity index (χ4v) is 6.40. The normalized spacial score (nSPS) is 25.8. The van der Waals surface area contributed by atoms with Gasteiger partial charge in [0.05, 0.1) is 0 Å². The van der Waals surface area contributed by atoms with Crippen molar-refractivity contribution < 1.29 is 0 Å². The average molecular weight is 447 g/mol. The van der Waals surface area contributed by atoms with Crippen LogP contribution in [-0.2, 0) is 6.42 Å². The standard InChI is InChI=1S/C31H46N2/c1-3-5-7-25-8-10-26(11-9-25)12-13-27-22-32-31(33-23-27)30-20-18-29(19-21-30)28-16-14-24(6-4-2)15-17-28/h18-26,28H,3-17H2,1-2H3. The quantitative estimate of drug-likeness (QED) is 0.363. The van der Waals surface area contributed by atoms with Gasteiger partial charge in [0.1, 0.15) is 0 Å². The molecule has 2 saturated carbocycles. The van der Waals surface area contributed by atoms with Gasteiger partial charge in [-0.2, -0.15) is 0 Å². The molecule has 0 atom stereocenters. The Morgan fingerprint density at radius 3 is 1.85 bits per heavy atom. The lowest BCUT2D eigenvalue weighted by molar-refractivity contribution is 0.250. The van der Waals surface area contributed by atoms with Gasteiger partial charge in [-0.15, -0.1) is 0 Å². The van der Waals surface area contributed by atoms with Crippen molar-refractivity contribution in [3.8, 4) is 11.4 Å². The first-order chi connectivity index (χ1) is 16.2. The zero-order valence-electron chi connectivity index (χ0n) is 21.3. The monoisotopic (exact) mass is 446 g/mol. The highest BCUT2D eigenvalue weighted by atomic mass is 14.9. The molecule has 0 bridgehead atoms. The Morgan fingerprint density at radius 2 is 1.24 bits per heavy atom. The lowest BCUT2D eigenvalue weighted by atomic mass is 9.77. The Morgan fingerprint density at radius 1 is 0.667 bits per heavy atom. The molecule has 2 heteroatoms. The SMILES string of the molecule is CCCCC1CCC(CCc2cnc(-c3ccc(C4CCC(CCC)CC4)cc3)nc2)CC1. The molecule has 180 valence electrons. The van der Waals surface area contributed by atoms with Gasteiger partial charge >= 0.3 is 0 Å². The van der Waals surface area contributed by atoms with Crippen molar-refractivity contribution in [3.05, 3.63) is 47.8 Å². The minimum Gasteiger partial charge on any atom is -0.236 e. The molecule has 0 spiro atoms. The van der Waals surface area contributed by atoms with Gasteiger partial charge in [0.2, 0.25) is 0 Å². The van der Waals surface area contributed by atoms with Gasteiger partial charge in [0.15, 0.2) is 5.82 Å². The van der Waals surface area contributed by atoms with Crippen LogP contribution in [0.15, 0.2) is 36.7 Å². The number of nitrogens with zero attached hydrogens (tertiary/aromatic N) is 2. The number of rotatable bonds is 10. The number of aryl methyl sites for hydroxylation is 1. The molecule has 1 aromatic carbocycles. The van der Waals surface area contributed by atoms with Crippen molar-refractivity contribution in [2.75, 3.05) is 0 Å². The first-order valence-electron chi connectivity index (χ1n) is 14.2. The molecular weight excluding hydrogens is 400 g/mol. The van der Waals surface area contributed by atoms with E-state index in [2.05, 4.69) is 50.5 Å². The van der Waals surface area contributed by atoms with Crippen LogP contribution in [0.3, 0.4) is 0 Å². The highest BCUT2D eigenvalue weighted by Gasteiger charge is 2.22. The van der Waals surface area contributed by atoms with E-state index in [1.807, 2.05) is 0 Å². The van der Waals surface area contributed by atoms with Crippen molar-refractivity contribution in [3.63, 3.8) is 0 Å². The fourth-order valence-electron chi connectivity index (χ4n) is 6.40. The molecule has 33 heavy (non-hydrogen) atoms. The molecule has 0 amide bonds.